The molecule has 0 saturated carbocycles. The molecule has 1 aliphatic rings. The first kappa shape index (κ1) is 22.2. The Balaban J connectivity index is 1.86. The number of nitro groups is 2. The number of halogens is 2. The molecule has 34 heavy (non-hydrogen) atoms. The Morgan fingerprint density at radius 1 is 0.706 bits per heavy atom. The van der Waals surface area contributed by atoms with E-state index in [2.05, 4.69) is 10.6 Å². The van der Waals surface area contributed by atoms with Crippen LogP contribution in [0.5, 0.6) is 0 Å². The molecule has 1 aliphatic carbocycles. The largest absolute Gasteiger partial charge is 0.350 e. The fourth-order valence-corrected chi connectivity index (χ4v) is 3.36. The van der Waals surface area contributed by atoms with Crippen molar-refractivity contribution in [3.05, 3.63) is 115 Å². The van der Waals surface area contributed by atoms with Crippen LogP contribution < -0.4 is 10.6 Å². The van der Waals surface area contributed by atoms with Crippen molar-refractivity contribution < 1.29 is 28.2 Å². The number of benzene rings is 3. The molecule has 0 atom stereocenters. The zero-order valence-electron chi connectivity index (χ0n) is 16.9. The Morgan fingerprint density at radius 3 is 1.88 bits per heavy atom. The van der Waals surface area contributed by atoms with Gasteiger partial charge in [-0.3, -0.25) is 29.8 Å². The minimum absolute atomic E-state index is 0.00963. The highest BCUT2D eigenvalue weighted by Gasteiger charge is 2.34. The van der Waals surface area contributed by atoms with Crippen LogP contribution in [0.2, 0.25) is 0 Å². The fraction of sp³-hybridized carbons (Fsp3) is 0. The van der Waals surface area contributed by atoms with Gasteiger partial charge in [0.25, 0.3) is 11.4 Å². The maximum Gasteiger partial charge on any atom is 0.299 e. The van der Waals surface area contributed by atoms with Crippen molar-refractivity contribution in [3.8, 4) is 0 Å². The molecule has 0 heterocycles. The van der Waals surface area contributed by atoms with Crippen molar-refractivity contribution in [2.75, 3.05) is 10.6 Å². The van der Waals surface area contributed by atoms with E-state index >= 15 is 0 Å². The van der Waals surface area contributed by atoms with Gasteiger partial charge in [-0.2, -0.15) is 0 Å². The molecule has 3 aromatic carbocycles. The van der Waals surface area contributed by atoms with Crippen molar-refractivity contribution in [2.45, 2.75) is 0 Å². The Bertz CT molecular complexity index is 1440. The summed E-state index contributed by atoms with van der Waals surface area (Å²) in [4.78, 5) is 47.2. The zero-order valence-corrected chi connectivity index (χ0v) is 16.9. The first-order valence-corrected chi connectivity index (χ1v) is 9.52. The van der Waals surface area contributed by atoms with Crippen LogP contribution >= 0.6 is 0 Å². The van der Waals surface area contributed by atoms with Crippen molar-refractivity contribution in [1.82, 2.24) is 0 Å². The third-order valence-electron chi connectivity index (χ3n) is 4.96. The smallest absolute Gasteiger partial charge is 0.299 e. The summed E-state index contributed by atoms with van der Waals surface area (Å²) in [6.07, 6.45) is 0. The normalized spacial score (nSPS) is 12.9. The summed E-state index contributed by atoms with van der Waals surface area (Å²) in [5.74, 6) is -3.74. The molecule has 2 N–H and O–H groups in total. The van der Waals surface area contributed by atoms with Crippen molar-refractivity contribution >= 4 is 34.3 Å². The van der Waals surface area contributed by atoms with E-state index in [4.69, 9.17) is 0 Å². The number of carbonyl (C=O) groups excluding carboxylic acids is 2. The lowest BCUT2D eigenvalue weighted by Crippen LogP contribution is -2.29. The van der Waals surface area contributed by atoms with Crippen molar-refractivity contribution in [1.29, 1.82) is 0 Å². The molecule has 0 saturated heterocycles. The number of carbonyl (C=O) groups is 2. The fourth-order valence-electron chi connectivity index (χ4n) is 3.36. The summed E-state index contributed by atoms with van der Waals surface area (Å²) >= 11 is 0. The predicted octanol–water partition coefficient (Wildman–Crippen LogP) is 4.60. The minimum Gasteiger partial charge on any atom is -0.350 e. The summed E-state index contributed by atoms with van der Waals surface area (Å²) < 4.78 is 27.0. The molecule has 0 unspecified atom stereocenters. The average molecular weight is 466 g/mol. The van der Waals surface area contributed by atoms with Crippen molar-refractivity contribution in [3.63, 3.8) is 0 Å². The van der Waals surface area contributed by atoms with Gasteiger partial charge in [-0.15, -0.1) is 0 Å². The van der Waals surface area contributed by atoms with Gasteiger partial charge >= 0.3 is 0 Å². The van der Waals surface area contributed by atoms with E-state index in [1.54, 1.807) is 0 Å². The van der Waals surface area contributed by atoms with E-state index < -0.39 is 50.1 Å². The highest BCUT2D eigenvalue weighted by Crippen LogP contribution is 2.34. The number of allylic oxidation sites excluding steroid dienone is 2. The molecule has 0 amide bonds. The maximum absolute atomic E-state index is 13.7. The second-order valence-corrected chi connectivity index (χ2v) is 7.05. The highest BCUT2D eigenvalue weighted by molar-refractivity contribution is 6.28. The summed E-state index contributed by atoms with van der Waals surface area (Å²) in [6, 6.07) is 11.3. The van der Waals surface area contributed by atoms with E-state index in [1.807, 2.05) is 0 Å². The van der Waals surface area contributed by atoms with E-state index in [0.717, 1.165) is 30.3 Å². The molecule has 0 bridgehead atoms. The topological polar surface area (TPSA) is 144 Å². The third-order valence-corrected chi connectivity index (χ3v) is 4.96. The van der Waals surface area contributed by atoms with E-state index in [1.165, 1.54) is 24.3 Å². The number of nitrogens with zero attached hydrogens (tertiary/aromatic N) is 2. The van der Waals surface area contributed by atoms with E-state index in [0.29, 0.717) is 6.07 Å². The predicted molar refractivity (Wildman–Crippen MR) is 115 cm³/mol. The number of non-ortho nitro benzene ring substituents is 1. The van der Waals surface area contributed by atoms with Gasteiger partial charge in [0.05, 0.1) is 15.9 Å². The van der Waals surface area contributed by atoms with Crippen molar-refractivity contribution in [2.24, 2.45) is 0 Å². The Hall–Kier alpha value is -5.00. The lowest BCUT2D eigenvalue weighted by atomic mass is 9.90. The summed E-state index contributed by atoms with van der Waals surface area (Å²) in [7, 11) is 0. The van der Waals surface area contributed by atoms with Gasteiger partial charge in [-0.25, -0.2) is 8.78 Å². The molecule has 0 aromatic heterocycles. The molecule has 3 aromatic rings. The molecule has 170 valence electrons. The second-order valence-electron chi connectivity index (χ2n) is 7.05. The first-order valence-electron chi connectivity index (χ1n) is 9.52. The number of Topliss-reactive ketones (excluding diaryl/α,β-unsaturated/α-hetero) is 2. The Labute approximate surface area is 188 Å². The summed E-state index contributed by atoms with van der Waals surface area (Å²) in [6.45, 7) is 0. The van der Waals surface area contributed by atoms with Crippen LogP contribution in [0.3, 0.4) is 0 Å². The number of rotatable bonds is 6. The SMILES string of the molecule is O=C1C(Nc2ccc(F)c(F)c2)=C(Nc2ccc([N+](=O)[O-])cc2[N+](=O)[O-])C(=O)c2ccccc21. The first-order chi connectivity index (χ1) is 16.2. The summed E-state index contributed by atoms with van der Waals surface area (Å²) in [5, 5.41) is 27.6. The molecule has 0 aliphatic heterocycles. The van der Waals surface area contributed by atoms with Crippen LogP contribution in [0.1, 0.15) is 20.7 Å². The third kappa shape index (κ3) is 3.95. The molecular formula is C22H12F2N4O6. The Kier molecular flexibility index (Phi) is 5.55. The molecular weight excluding hydrogens is 454 g/mol. The number of nitrogens with one attached hydrogen (secondary N) is 2. The van der Waals surface area contributed by atoms with Gasteiger partial charge in [-0.1, -0.05) is 24.3 Å². The van der Waals surface area contributed by atoms with Crippen LogP contribution in [-0.2, 0) is 0 Å². The number of nitro benzene ring substituents is 2. The number of anilines is 2. The molecule has 0 spiro atoms. The molecule has 0 radical (unpaired) electrons. The van der Waals surface area contributed by atoms with E-state index in [9.17, 15) is 38.6 Å². The summed E-state index contributed by atoms with van der Waals surface area (Å²) in [5.41, 5.74) is -2.37. The van der Waals surface area contributed by atoms with Gasteiger partial charge in [0.2, 0.25) is 11.6 Å². The monoisotopic (exact) mass is 466 g/mol. The molecule has 12 heteroatoms. The van der Waals surface area contributed by atoms with Gasteiger partial charge < -0.3 is 10.6 Å². The number of hydrogen-bond acceptors (Lipinski definition) is 8. The number of hydrogen-bond donors (Lipinski definition) is 2. The van der Waals surface area contributed by atoms with Crippen LogP contribution in [0.4, 0.5) is 31.5 Å². The van der Waals surface area contributed by atoms with Gasteiger partial charge in [0.15, 0.2) is 11.6 Å². The van der Waals surface area contributed by atoms with Gasteiger partial charge in [0.1, 0.15) is 17.1 Å². The minimum atomic E-state index is -1.21. The van der Waals surface area contributed by atoms with Crippen LogP contribution in [0.15, 0.2) is 72.1 Å². The molecule has 10 nitrogen and oxygen atoms in total. The quantitative estimate of drug-likeness (QED) is 0.396. The van der Waals surface area contributed by atoms with Crippen LogP contribution in [0.25, 0.3) is 0 Å². The molecule has 4 rings (SSSR count). The van der Waals surface area contributed by atoms with Crippen LogP contribution in [-0.4, -0.2) is 21.4 Å². The lowest BCUT2D eigenvalue weighted by molar-refractivity contribution is -0.393. The number of fused-ring (bicyclic) bond motifs is 1. The van der Waals surface area contributed by atoms with Crippen LogP contribution in [0, 0.1) is 31.9 Å². The van der Waals surface area contributed by atoms with Gasteiger partial charge in [-0.05, 0) is 18.2 Å². The van der Waals surface area contributed by atoms with E-state index in [-0.39, 0.29) is 28.2 Å². The number of ketones is 2. The maximum atomic E-state index is 13.7. The molecule has 0 fully saturated rings. The highest BCUT2D eigenvalue weighted by atomic mass is 19.2. The second kappa shape index (κ2) is 8.50. The zero-order chi connectivity index (χ0) is 24.6. The lowest BCUT2D eigenvalue weighted by Gasteiger charge is -2.23. The Morgan fingerprint density at radius 2 is 1.32 bits per heavy atom. The average Bonchev–Trinajstić information content (AvgIpc) is 2.81. The standard InChI is InChI=1S/C22H12F2N4O6/c23-15-7-5-11(9-16(15)24)25-19-20(22(30)14-4-2-1-3-13(14)21(19)29)26-17-8-6-12(27(31)32)10-18(17)28(33)34/h1-10,25-26H. The van der Waals surface area contributed by atoms with Gasteiger partial charge in [0, 0.05) is 28.9 Å².